The van der Waals surface area contributed by atoms with Crippen LogP contribution in [0.2, 0.25) is 0 Å². The lowest BCUT2D eigenvalue weighted by atomic mass is 10.2. The van der Waals surface area contributed by atoms with E-state index in [4.69, 9.17) is 19.6 Å². The molecule has 0 atom stereocenters. The molecule has 7 nitrogen and oxygen atoms in total. The van der Waals surface area contributed by atoms with E-state index in [0.29, 0.717) is 19.0 Å². The van der Waals surface area contributed by atoms with Gasteiger partial charge in [-0.3, -0.25) is 0 Å². The topological polar surface area (TPSA) is 64.4 Å². The predicted octanol–water partition coefficient (Wildman–Crippen LogP) is 4.72. The monoisotopic (exact) mass is 429 g/mol. The van der Waals surface area contributed by atoms with E-state index in [1.165, 1.54) is 0 Å². The van der Waals surface area contributed by atoms with Gasteiger partial charge < -0.3 is 19.7 Å². The lowest BCUT2D eigenvalue weighted by Crippen LogP contribution is -2.21. The molecule has 1 N–H and O–H groups in total. The second-order valence-corrected chi connectivity index (χ2v) is 7.44. The second-order valence-electron chi connectivity index (χ2n) is 7.44. The van der Waals surface area contributed by atoms with Crippen LogP contribution in [0.25, 0.3) is 0 Å². The Hall–Kier alpha value is -4.00. The number of rotatable bonds is 9. The molecule has 0 saturated carbocycles. The molecule has 1 heterocycles. The molecule has 0 aliphatic heterocycles. The number of hydrogen-bond acceptors (Lipinski definition) is 6. The summed E-state index contributed by atoms with van der Waals surface area (Å²) in [4.78, 5) is 6.87. The highest BCUT2D eigenvalue weighted by molar-refractivity contribution is 5.54. The summed E-state index contributed by atoms with van der Waals surface area (Å²) in [5, 5.41) is 8.03. The third-order valence-corrected chi connectivity index (χ3v) is 5.09. The molecule has 0 fully saturated rings. The highest BCUT2D eigenvalue weighted by Crippen LogP contribution is 2.22. The molecular weight excluding hydrogens is 402 g/mol. The zero-order chi connectivity index (χ0) is 22.3. The normalized spacial score (nSPS) is 10.6. The molecule has 0 unspecified atom stereocenters. The van der Waals surface area contributed by atoms with Crippen LogP contribution in [-0.4, -0.2) is 36.0 Å². The number of ether oxygens (including phenoxy) is 2. The zero-order valence-corrected chi connectivity index (χ0v) is 18.5. The van der Waals surface area contributed by atoms with Crippen LogP contribution in [0.4, 0.5) is 17.6 Å². The molecular formula is C25H27N5O2. The molecule has 4 rings (SSSR count). The largest absolute Gasteiger partial charge is 0.497 e. The van der Waals surface area contributed by atoms with Gasteiger partial charge in [0.1, 0.15) is 11.5 Å². The van der Waals surface area contributed by atoms with Gasteiger partial charge in [0.25, 0.3) is 0 Å². The Morgan fingerprint density at radius 3 is 2.00 bits per heavy atom. The van der Waals surface area contributed by atoms with Crippen molar-refractivity contribution in [3.05, 3.63) is 90.0 Å². The maximum absolute atomic E-state index is 5.27. The highest BCUT2D eigenvalue weighted by Gasteiger charge is 2.15. The van der Waals surface area contributed by atoms with Crippen LogP contribution in [-0.2, 0) is 13.1 Å². The smallest absolute Gasteiger partial charge is 0.248 e. The third-order valence-electron chi connectivity index (χ3n) is 5.09. The van der Waals surface area contributed by atoms with Crippen molar-refractivity contribution >= 4 is 17.6 Å². The van der Waals surface area contributed by atoms with E-state index in [1.54, 1.807) is 14.2 Å². The maximum Gasteiger partial charge on any atom is 0.248 e. The minimum absolute atomic E-state index is 0.557. The van der Waals surface area contributed by atoms with Gasteiger partial charge in [-0.25, -0.2) is 4.68 Å². The van der Waals surface area contributed by atoms with Gasteiger partial charge in [0.05, 0.1) is 20.8 Å². The van der Waals surface area contributed by atoms with Gasteiger partial charge in [0.15, 0.2) is 0 Å². The second kappa shape index (κ2) is 9.87. The minimum atomic E-state index is 0.557. The van der Waals surface area contributed by atoms with Crippen LogP contribution in [0.1, 0.15) is 11.1 Å². The molecule has 0 amide bonds. The Morgan fingerprint density at radius 2 is 1.41 bits per heavy atom. The van der Waals surface area contributed by atoms with Crippen molar-refractivity contribution in [2.75, 3.05) is 31.5 Å². The SMILES string of the molecule is COc1ccc(CN(C)c2nc(Nc3ccccc3)nn2Cc2ccc(OC)cc2)cc1. The van der Waals surface area contributed by atoms with Crippen molar-refractivity contribution in [2.24, 2.45) is 0 Å². The van der Waals surface area contributed by atoms with Crippen LogP contribution in [0.3, 0.4) is 0 Å². The van der Waals surface area contributed by atoms with E-state index in [2.05, 4.69) is 22.3 Å². The number of anilines is 3. The lowest BCUT2D eigenvalue weighted by Gasteiger charge is -2.19. The first-order chi connectivity index (χ1) is 15.6. The van der Waals surface area contributed by atoms with Gasteiger partial charge in [-0.15, -0.1) is 5.10 Å². The van der Waals surface area contributed by atoms with Crippen molar-refractivity contribution in [1.29, 1.82) is 0 Å². The molecule has 0 saturated heterocycles. The summed E-state index contributed by atoms with van der Waals surface area (Å²) < 4.78 is 12.4. The van der Waals surface area contributed by atoms with Crippen LogP contribution in [0.5, 0.6) is 11.5 Å². The summed E-state index contributed by atoms with van der Waals surface area (Å²) in [5.41, 5.74) is 3.21. The molecule has 0 bridgehead atoms. The standard InChI is InChI=1S/C25H27N5O2/c1-29(17-19-9-13-22(31-2)14-10-19)25-27-24(26-21-7-5-4-6-8-21)28-30(25)18-20-11-15-23(32-3)16-12-20/h4-16H,17-18H2,1-3H3,(H,26,28). The summed E-state index contributed by atoms with van der Waals surface area (Å²) in [6, 6.07) is 26.0. The van der Waals surface area contributed by atoms with Crippen molar-refractivity contribution < 1.29 is 9.47 Å². The van der Waals surface area contributed by atoms with Gasteiger partial charge in [0.2, 0.25) is 11.9 Å². The van der Waals surface area contributed by atoms with Crippen LogP contribution >= 0.6 is 0 Å². The summed E-state index contributed by atoms with van der Waals surface area (Å²) in [5.74, 6) is 3.00. The van der Waals surface area contributed by atoms with Crippen molar-refractivity contribution in [2.45, 2.75) is 13.1 Å². The fourth-order valence-corrected chi connectivity index (χ4v) is 3.41. The molecule has 0 spiro atoms. The van der Waals surface area contributed by atoms with E-state index >= 15 is 0 Å². The van der Waals surface area contributed by atoms with E-state index in [-0.39, 0.29) is 0 Å². The number of nitrogens with zero attached hydrogens (tertiary/aromatic N) is 4. The average molecular weight is 430 g/mol. The number of hydrogen-bond donors (Lipinski definition) is 1. The third kappa shape index (κ3) is 5.18. The Bertz CT molecular complexity index is 1130. The van der Waals surface area contributed by atoms with Gasteiger partial charge in [-0.2, -0.15) is 4.98 Å². The van der Waals surface area contributed by atoms with Gasteiger partial charge in [-0.05, 0) is 47.5 Å². The van der Waals surface area contributed by atoms with E-state index in [0.717, 1.165) is 34.3 Å². The molecule has 32 heavy (non-hydrogen) atoms. The lowest BCUT2D eigenvalue weighted by molar-refractivity contribution is 0.414. The summed E-state index contributed by atoms with van der Waals surface area (Å²) in [6.45, 7) is 1.28. The number of aromatic nitrogens is 3. The van der Waals surface area contributed by atoms with Gasteiger partial charge >= 0.3 is 0 Å². The molecule has 3 aromatic carbocycles. The summed E-state index contributed by atoms with van der Waals surface area (Å²) in [7, 11) is 5.36. The average Bonchev–Trinajstić information content (AvgIpc) is 3.23. The van der Waals surface area contributed by atoms with E-state index in [9.17, 15) is 0 Å². The predicted molar refractivity (Wildman–Crippen MR) is 127 cm³/mol. The van der Waals surface area contributed by atoms with Crippen molar-refractivity contribution in [3.8, 4) is 11.5 Å². The number of methoxy groups -OCH3 is 2. The molecule has 164 valence electrons. The highest BCUT2D eigenvalue weighted by atomic mass is 16.5. The minimum Gasteiger partial charge on any atom is -0.497 e. The fraction of sp³-hybridized carbons (Fsp3) is 0.200. The summed E-state index contributed by atoms with van der Waals surface area (Å²) >= 11 is 0. The van der Waals surface area contributed by atoms with Gasteiger partial charge in [0, 0.05) is 19.3 Å². The van der Waals surface area contributed by atoms with Crippen molar-refractivity contribution in [3.63, 3.8) is 0 Å². The van der Waals surface area contributed by atoms with E-state index in [1.807, 2.05) is 78.5 Å². The zero-order valence-electron chi connectivity index (χ0n) is 18.5. The molecule has 4 aromatic rings. The number of benzene rings is 3. The fourth-order valence-electron chi connectivity index (χ4n) is 3.41. The first-order valence-electron chi connectivity index (χ1n) is 10.4. The Kier molecular flexibility index (Phi) is 6.55. The molecule has 0 aliphatic rings. The molecule has 7 heteroatoms. The molecule has 0 aliphatic carbocycles. The van der Waals surface area contributed by atoms with Crippen LogP contribution in [0, 0.1) is 0 Å². The molecule has 0 radical (unpaired) electrons. The Labute approximate surface area is 188 Å². The maximum atomic E-state index is 5.27. The van der Waals surface area contributed by atoms with Crippen LogP contribution in [0.15, 0.2) is 78.9 Å². The van der Waals surface area contributed by atoms with Crippen molar-refractivity contribution in [1.82, 2.24) is 14.8 Å². The first kappa shape index (κ1) is 21.2. The Morgan fingerprint density at radius 1 is 0.812 bits per heavy atom. The van der Waals surface area contributed by atoms with Gasteiger partial charge in [-0.1, -0.05) is 42.5 Å². The number of nitrogens with one attached hydrogen (secondary N) is 1. The summed E-state index contributed by atoms with van der Waals surface area (Å²) in [6.07, 6.45) is 0. The molecule has 1 aromatic heterocycles. The van der Waals surface area contributed by atoms with E-state index < -0.39 is 0 Å². The van der Waals surface area contributed by atoms with Crippen LogP contribution < -0.4 is 19.7 Å². The first-order valence-corrected chi connectivity index (χ1v) is 10.4. The quantitative estimate of drug-likeness (QED) is 0.415. The Balaban J connectivity index is 1.59. The number of para-hydroxylation sites is 1.